The topological polar surface area (TPSA) is 38.9 Å². The molecule has 0 aliphatic rings. The van der Waals surface area contributed by atoms with E-state index in [9.17, 15) is 0 Å². The summed E-state index contributed by atoms with van der Waals surface area (Å²) in [5, 5.41) is 4.73. The molecule has 1 heterocycles. The lowest BCUT2D eigenvalue weighted by molar-refractivity contribution is 0.385. The summed E-state index contributed by atoms with van der Waals surface area (Å²) < 4.78 is 6.27. The molecule has 3 rings (SSSR count). The van der Waals surface area contributed by atoms with Crippen molar-refractivity contribution in [2.75, 3.05) is 0 Å². The van der Waals surface area contributed by atoms with E-state index >= 15 is 0 Å². The van der Waals surface area contributed by atoms with E-state index in [-0.39, 0.29) is 0 Å². The molecule has 0 unspecified atom stereocenters. The Balaban J connectivity index is 1.82. The van der Waals surface area contributed by atoms with Gasteiger partial charge in [-0.15, -0.1) is 0 Å². The summed E-state index contributed by atoms with van der Waals surface area (Å²) in [7, 11) is 0. The van der Waals surface area contributed by atoms with Gasteiger partial charge in [-0.3, -0.25) is 0 Å². The number of aromatic nitrogens is 2. The average molecular weight is 350 g/mol. The third-order valence-electron chi connectivity index (χ3n) is 2.82. The van der Waals surface area contributed by atoms with Gasteiger partial charge in [0.05, 0.1) is 6.42 Å². The molecule has 0 spiro atoms. The van der Waals surface area contributed by atoms with Crippen LogP contribution in [0.4, 0.5) is 0 Å². The second-order valence-electron chi connectivity index (χ2n) is 4.33. The first-order chi connectivity index (χ1) is 9.70. The highest BCUT2D eigenvalue weighted by Gasteiger charge is 2.09. The first kappa shape index (κ1) is 13.3. The normalized spacial score (nSPS) is 10.7. The lowest BCUT2D eigenvalue weighted by atomic mass is 10.1. The number of hydrogen-bond donors (Lipinski definition) is 0. The van der Waals surface area contributed by atoms with E-state index in [0.717, 1.165) is 15.6 Å². The molecule has 0 bridgehead atoms. The van der Waals surface area contributed by atoms with Gasteiger partial charge in [-0.2, -0.15) is 4.98 Å². The molecule has 0 aliphatic heterocycles. The highest BCUT2D eigenvalue weighted by atomic mass is 79.9. The summed E-state index contributed by atoms with van der Waals surface area (Å²) in [6.45, 7) is 0. The molecule has 20 heavy (non-hydrogen) atoms. The molecule has 3 nitrogen and oxygen atoms in total. The molecule has 5 heteroatoms. The first-order valence-electron chi connectivity index (χ1n) is 6.04. The van der Waals surface area contributed by atoms with E-state index in [2.05, 4.69) is 26.1 Å². The van der Waals surface area contributed by atoms with E-state index in [1.54, 1.807) is 0 Å². The van der Waals surface area contributed by atoms with Crippen LogP contribution in [0.5, 0.6) is 0 Å². The van der Waals surface area contributed by atoms with E-state index in [1.807, 2.05) is 48.5 Å². The van der Waals surface area contributed by atoms with Crippen LogP contribution in [0, 0.1) is 0 Å². The van der Waals surface area contributed by atoms with Crippen LogP contribution in [0.1, 0.15) is 11.5 Å². The van der Waals surface area contributed by atoms with Crippen LogP contribution in [0.2, 0.25) is 5.02 Å². The number of benzene rings is 2. The van der Waals surface area contributed by atoms with E-state index in [0.29, 0.717) is 23.2 Å². The van der Waals surface area contributed by atoms with Crippen molar-refractivity contribution in [3.63, 3.8) is 0 Å². The van der Waals surface area contributed by atoms with E-state index < -0.39 is 0 Å². The third-order valence-corrected chi connectivity index (χ3v) is 3.56. The lowest BCUT2D eigenvalue weighted by Gasteiger charge is -1.96. The molecule has 2 aromatic carbocycles. The molecule has 1 aromatic heterocycles. The zero-order chi connectivity index (χ0) is 13.9. The van der Waals surface area contributed by atoms with Crippen LogP contribution in [-0.2, 0) is 6.42 Å². The van der Waals surface area contributed by atoms with Crippen molar-refractivity contribution >= 4 is 27.5 Å². The Bertz CT molecular complexity index is 725. The SMILES string of the molecule is Clc1ccc(Cc2nc(-c3cccc(Br)c3)no2)cc1. The van der Waals surface area contributed by atoms with Gasteiger partial charge in [0.1, 0.15) is 0 Å². The monoisotopic (exact) mass is 348 g/mol. The Hall–Kier alpha value is -1.65. The Kier molecular flexibility index (Phi) is 3.85. The van der Waals surface area contributed by atoms with Gasteiger partial charge in [-0.25, -0.2) is 0 Å². The molecule has 0 radical (unpaired) electrons. The Morgan fingerprint density at radius 2 is 1.90 bits per heavy atom. The van der Waals surface area contributed by atoms with Crippen LogP contribution in [-0.4, -0.2) is 10.1 Å². The van der Waals surface area contributed by atoms with Crippen LogP contribution < -0.4 is 0 Å². The predicted molar refractivity (Wildman–Crippen MR) is 81.7 cm³/mol. The smallest absolute Gasteiger partial charge is 0.231 e. The average Bonchev–Trinajstić information content (AvgIpc) is 2.90. The largest absolute Gasteiger partial charge is 0.339 e. The van der Waals surface area contributed by atoms with Gasteiger partial charge in [-0.05, 0) is 29.8 Å². The fourth-order valence-corrected chi connectivity index (χ4v) is 2.37. The molecule has 0 N–H and O–H groups in total. The van der Waals surface area contributed by atoms with Gasteiger partial charge in [0.15, 0.2) is 0 Å². The van der Waals surface area contributed by atoms with Gasteiger partial charge >= 0.3 is 0 Å². The fourth-order valence-electron chi connectivity index (χ4n) is 1.85. The standard InChI is InChI=1S/C15H10BrClN2O/c16-12-3-1-2-11(9-12)15-18-14(20-19-15)8-10-4-6-13(17)7-5-10/h1-7,9H,8H2. The Labute approximate surface area is 129 Å². The predicted octanol–water partition coefficient (Wildman–Crippen LogP) is 4.74. The quantitative estimate of drug-likeness (QED) is 0.685. The van der Waals surface area contributed by atoms with Crippen LogP contribution in [0.25, 0.3) is 11.4 Å². The zero-order valence-electron chi connectivity index (χ0n) is 10.4. The van der Waals surface area contributed by atoms with Crippen molar-refractivity contribution < 1.29 is 4.52 Å². The van der Waals surface area contributed by atoms with Crippen molar-refractivity contribution in [1.29, 1.82) is 0 Å². The minimum absolute atomic E-state index is 0.585. The highest BCUT2D eigenvalue weighted by molar-refractivity contribution is 9.10. The number of rotatable bonds is 3. The summed E-state index contributed by atoms with van der Waals surface area (Å²) in [6.07, 6.45) is 0.595. The number of halogens is 2. The van der Waals surface area contributed by atoms with Gasteiger partial charge in [0, 0.05) is 15.1 Å². The maximum atomic E-state index is 5.86. The molecular formula is C15H10BrClN2O. The Morgan fingerprint density at radius 1 is 1.10 bits per heavy atom. The first-order valence-corrected chi connectivity index (χ1v) is 7.21. The van der Waals surface area contributed by atoms with Crippen molar-refractivity contribution in [3.05, 3.63) is 69.5 Å². The van der Waals surface area contributed by atoms with Gasteiger partial charge in [-0.1, -0.05) is 57.0 Å². The van der Waals surface area contributed by atoms with Gasteiger partial charge in [0.25, 0.3) is 0 Å². The van der Waals surface area contributed by atoms with Crippen LogP contribution in [0.3, 0.4) is 0 Å². The lowest BCUT2D eigenvalue weighted by Crippen LogP contribution is -1.88. The van der Waals surface area contributed by atoms with Crippen molar-refractivity contribution in [2.45, 2.75) is 6.42 Å². The minimum Gasteiger partial charge on any atom is -0.339 e. The van der Waals surface area contributed by atoms with E-state index in [1.165, 1.54) is 0 Å². The summed E-state index contributed by atoms with van der Waals surface area (Å²) >= 11 is 9.29. The molecule has 3 aromatic rings. The van der Waals surface area contributed by atoms with Crippen LogP contribution >= 0.6 is 27.5 Å². The third kappa shape index (κ3) is 3.08. The van der Waals surface area contributed by atoms with Gasteiger partial charge in [0.2, 0.25) is 11.7 Å². The molecule has 0 fully saturated rings. The maximum Gasteiger partial charge on any atom is 0.231 e. The number of hydrogen-bond acceptors (Lipinski definition) is 3. The molecule has 100 valence electrons. The Morgan fingerprint density at radius 3 is 2.65 bits per heavy atom. The van der Waals surface area contributed by atoms with Crippen LogP contribution in [0.15, 0.2) is 57.5 Å². The zero-order valence-corrected chi connectivity index (χ0v) is 12.7. The van der Waals surface area contributed by atoms with Crippen molar-refractivity contribution in [2.24, 2.45) is 0 Å². The molecule has 0 aliphatic carbocycles. The second-order valence-corrected chi connectivity index (χ2v) is 5.68. The summed E-state index contributed by atoms with van der Waals surface area (Å²) in [4.78, 5) is 4.41. The van der Waals surface area contributed by atoms with E-state index in [4.69, 9.17) is 16.1 Å². The molecule has 0 saturated carbocycles. The molecule has 0 saturated heterocycles. The number of nitrogens with zero attached hydrogens (tertiary/aromatic N) is 2. The summed E-state index contributed by atoms with van der Waals surface area (Å²) in [5.74, 6) is 1.18. The van der Waals surface area contributed by atoms with Crippen molar-refractivity contribution in [1.82, 2.24) is 10.1 Å². The molecular weight excluding hydrogens is 340 g/mol. The van der Waals surface area contributed by atoms with Gasteiger partial charge < -0.3 is 4.52 Å². The fraction of sp³-hybridized carbons (Fsp3) is 0.0667. The maximum absolute atomic E-state index is 5.86. The summed E-state index contributed by atoms with van der Waals surface area (Å²) in [5.41, 5.74) is 2.00. The minimum atomic E-state index is 0.585. The molecule has 0 amide bonds. The van der Waals surface area contributed by atoms with Crippen molar-refractivity contribution in [3.8, 4) is 11.4 Å². The molecule has 0 atom stereocenters. The second kappa shape index (κ2) is 5.77. The highest BCUT2D eigenvalue weighted by Crippen LogP contribution is 2.21. The summed E-state index contributed by atoms with van der Waals surface area (Å²) in [6, 6.07) is 15.4.